The third kappa shape index (κ3) is 2.76. The number of fused-ring (bicyclic) bond motifs is 1. The first-order chi connectivity index (χ1) is 8.29. The summed E-state index contributed by atoms with van der Waals surface area (Å²) in [6.45, 7) is 0.357. The molecule has 0 fully saturated rings. The van der Waals surface area contributed by atoms with Gasteiger partial charge in [-0.1, -0.05) is 23.3 Å². The van der Waals surface area contributed by atoms with Crippen LogP contribution in [-0.4, -0.2) is 19.1 Å². The third-order valence-corrected chi connectivity index (χ3v) is 2.20. The molecule has 0 atom stereocenters. The zero-order chi connectivity index (χ0) is 12.1. The van der Waals surface area contributed by atoms with Crippen LogP contribution in [0.2, 0.25) is 0 Å². The zero-order valence-electron chi connectivity index (χ0n) is 8.96. The topological polar surface area (TPSA) is 87.1 Å². The van der Waals surface area contributed by atoms with Gasteiger partial charge in [-0.25, -0.2) is 0 Å². The molecular weight excluding hydrogens is 220 g/mol. The van der Waals surface area contributed by atoms with Gasteiger partial charge in [0.25, 0.3) is 5.91 Å². The summed E-state index contributed by atoms with van der Waals surface area (Å²) in [5, 5.41) is 6.11. The van der Waals surface area contributed by atoms with E-state index in [2.05, 4.69) is 15.3 Å². The number of nitrogens with zero attached hydrogens (tertiary/aromatic N) is 3. The van der Waals surface area contributed by atoms with E-state index in [1.807, 2.05) is 12.1 Å². The number of ether oxygens (including phenoxy) is 1. The standard InChI is InChI=1S/C11H10N4O2/c12-15-13-5-1-2-8-3-4-10-9(6-8)14-11(16)7-17-10/h1-4,6H,5,7H2,(H,14,16). The third-order valence-electron chi connectivity index (χ3n) is 2.20. The van der Waals surface area contributed by atoms with Crippen molar-refractivity contribution in [2.24, 2.45) is 5.11 Å². The summed E-state index contributed by atoms with van der Waals surface area (Å²) in [6, 6.07) is 5.46. The van der Waals surface area contributed by atoms with Crippen molar-refractivity contribution in [2.75, 3.05) is 18.5 Å². The minimum atomic E-state index is -0.160. The van der Waals surface area contributed by atoms with Crippen LogP contribution in [-0.2, 0) is 4.79 Å². The van der Waals surface area contributed by atoms with E-state index in [0.29, 0.717) is 18.0 Å². The molecule has 1 N–H and O–H groups in total. The van der Waals surface area contributed by atoms with Crippen molar-refractivity contribution in [3.8, 4) is 5.75 Å². The Morgan fingerprint density at radius 3 is 3.29 bits per heavy atom. The lowest BCUT2D eigenvalue weighted by Crippen LogP contribution is -2.25. The Morgan fingerprint density at radius 2 is 2.47 bits per heavy atom. The van der Waals surface area contributed by atoms with Crippen molar-refractivity contribution in [3.05, 3.63) is 40.3 Å². The summed E-state index contributed by atoms with van der Waals surface area (Å²) in [4.78, 5) is 13.8. The van der Waals surface area contributed by atoms with E-state index in [1.165, 1.54) is 0 Å². The number of benzene rings is 1. The first kappa shape index (κ1) is 11.0. The van der Waals surface area contributed by atoms with Crippen molar-refractivity contribution in [1.29, 1.82) is 0 Å². The molecule has 0 radical (unpaired) electrons. The molecular formula is C11H10N4O2. The second kappa shape index (κ2) is 5.05. The molecule has 0 saturated heterocycles. The molecule has 1 heterocycles. The summed E-state index contributed by atoms with van der Waals surface area (Å²) in [7, 11) is 0. The molecule has 0 bridgehead atoms. The molecule has 1 aromatic carbocycles. The Morgan fingerprint density at radius 1 is 1.59 bits per heavy atom. The lowest BCUT2D eigenvalue weighted by Gasteiger charge is -2.17. The molecule has 1 aliphatic rings. The van der Waals surface area contributed by atoms with Crippen LogP contribution in [0.4, 0.5) is 5.69 Å². The normalized spacial score (nSPS) is 13.5. The maximum absolute atomic E-state index is 11.1. The fourth-order valence-corrected chi connectivity index (χ4v) is 1.48. The minimum Gasteiger partial charge on any atom is -0.482 e. The molecule has 0 spiro atoms. The number of nitrogens with one attached hydrogen (secondary N) is 1. The summed E-state index contributed by atoms with van der Waals surface area (Å²) in [5.41, 5.74) is 9.68. The molecule has 86 valence electrons. The van der Waals surface area contributed by atoms with Crippen LogP contribution in [0.15, 0.2) is 29.4 Å². The molecule has 6 nitrogen and oxygen atoms in total. The molecule has 17 heavy (non-hydrogen) atoms. The molecule has 0 saturated carbocycles. The highest BCUT2D eigenvalue weighted by Crippen LogP contribution is 2.28. The van der Waals surface area contributed by atoms with E-state index in [4.69, 9.17) is 10.3 Å². The molecule has 1 aliphatic heterocycles. The summed E-state index contributed by atoms with van der Waals surface area (Å²) < 4.78 is 5.23. The van der Waals surface area contributed by atoms with Crippen LogP contribution in [0.1, 0.15) is 5.56 Å². The zero-order valence-corrected chi connectivity index (χ0v) is 8.96. The largest absolute Gasteiger partial charge is 0.482 e. The van der Waals surface area contributed by atoms with Crippen LogP contribution in [0.5, 0.6) is 5.75 Å². The van der Waals surface area contributed by atoms with E-state index >= 15 is 0 Å². The highest BCUT2D eigenvalue weighted by molar-refractivity contribution is 5.95. The van der Waals surface area contributed by atoms with Crippen LogP contribution in [0, 0.1) is 0 Å². The lowest BCUT2D eigenvalue weighted by atomic mass is 10.1. The Labute approximate surface area is 97.5 Å². The van der Waals surface area contributed by atoms with Crippen molar-refractivity contribution in [3.63, 3.8) is 0 Å². The van der Waals surface area contributed by atoms with Gasteiger partial charge in [-0.3, -0.25) is 4.79 Å². The fraction of sp³-hybridized carbons (Fsp3) is 0.182. The van der Waals surface area contributed by atoms with Crippen LogP contribution in [0.3, 0.4) is 0 Å². The maximum atomic E-state index is 11.1. The molecule has 1 aromatic rings. The Bertz CT molecular complexity index is 518. The molecule has 1 amide bonds. The smallest absolute Gasteiger partial charge is 0.262 e. The highest BCUT2D eigenvalue weighted by atomic mass is 16.5. The Hall–Kier alpha value is -2.46. The number of hydrogen-bond donors (Lipinski definition) is 1. The SMILES string of the molecule is [N-]=[N+]=NCC=Cc1ccc2c(c1)NC(=O)CO2. The van der Waals surface area contributed by atoms with Crippen LogP contribution < -0.4 is 10.1 Å². The number of amides is 1. The molecule has 2 rings (SSSR count). The molecule has 6 heteroatoms. The monoisotopic (exact) mass is 230 g/mol. The van der Waals surface area contributed by atoms with Gasteiger partial charge in [0.15, 0.2) is 6.61 Å². The van der Waals surface area contributed by atoms with Gasteiger partial charge in [-0.15, -0.1) is 0 Å². The Kier molecular flexibility index (Phi) is 3.28. The fourth-order valence-electron chi connectivity index (χ4n) is 1.48. The first-order valence-corrected chi connectivity index (χ1v) is 5.03. The van der Waals surface area contributed by atoms with E-state index < -0.39 is 0 Å². The predicted molar refractivity (Wildman–Crippen MR) is 63.6 cm³/mol. The van der Waals surface area contributed by atoms with Crippen LogP contribution >= 0.6 is 0 Å². The van der Waals surface area contributed by atoms with Crippen molar-refractivity contribution >= 4 is 17.7 Å². The molecule has 0 unspecified atom stereocenters. The minimum absolute atomic E-state index is 0.0546. The Balaban J connectivity index is 2.15. The average molecular weight is 230 g/mol. The second-order valence-corrected chi connectivity index (χ2v) is 3.41. The van der Waals surface area contributed by atoms with Gasteiger partial charge in [0.2, 0.25) is 0 Å². The van der Waals surface area contributed by atoms with Gasteiger partial charge in [0.1, 0.15) is 5.75 Å². The lowest BCUT2D eigenvalue weighted by molar-refractivity contribution is -0.118. The number of azide groups is 1. The van der Waals surface area contributed by atoms with E-state index in [-0.39, 0.29) is 12.5 Å². The predicted octanol–water partition coefficient (Wildman–Crippen LogP) is 2.34. The molecule has 0 aliphatic carbocycles. The summed E-state index contributed by atoms with van der Waals surface area (Å²) in [6.07, 6.45) is 3.56. The van der Waals surface area contributed by atoms with Gasteiger partial charge in [-0.05, 0) is 23.2 Å². The van der Waals surface area contributed by atoms with Gasteiger partial charge >= 0.3 is 0 Å². The van der Waals surface area contributed by atoms with Gasteiger partial charge in [0.05, 0.1) is 5.69 Å². The van der Waals surface area contributed by atoms with Crippen LogP contribution in [0.25, 0.3) is 16.5 Å². The number of rotatable bonds is 3. The van der Waals surface area contributed by atoms with Gasteiger partial charge in [0, 0.05) is 11.5 Å². The number of anilines is 1. The molecule has 0 aromatic heterocycles. The van der Waals surface area contributed by atoms with Crippen molar-refractivity contribution in [1.82, 2.24) is 0 Å². The summed E-state index contributed by atoms with van der Waals surface area (Å²) in [5.74, 6) is 0.504. The average Bonchev–Trinajstić information content (AvgIpc) is 2.34. The quantitative estimate of drug-likeness (QED) is 0.490. The van der Waals surface area contributed by atoms with Gasteiger partial charge in [-0.2, -0.15) is 0 Å². The second-order valence-electron chi connectivity index (χ2n) is 3.41. The number of carbonyl (C=O) groups is 1. The first-order valence-electron chi connectivity index (χ1n) is 5.03. The van der Waals surface area contributed by atoms with E-state index in [0.717, 1.165) is 5.56 Å². The van der Waals surface area contributed by atoms with E-state index in [9.17, 15) is 4.79 Å². The van der Waals surface area contributed by atoms with Gasteiger partial charge < -0.3 is 10.1 Å². The number of hydrogen-bond acceptors (Lipinski definition) is 3. The number of carbonyl (C=O) groups excluding carboxylic acids is 1. The van der Waals surface area contributed by atoms with E-state index in [1.54, 1.807) is 18.2 Å². The summed E-state index contributed by atoms with van der Waals surface area (Å²) >= 11 is 0. The maximum Gasteiger partial charge on any atom is 0.262 e. The van der Waals surface area contributed by atoms with Crippen molar-refractivity contribution in [2.45, 2.75) is 0 Å². The highest BCUT2D eigenvalue weighted by Gasteiger charge is 2.15. The van der Waals surface area contributed by atoms with Crippen molar-refractivity contribution < 1.29 is 9.53 Å².